The number of hydrogen-bond acceptors (Lipinski definition) is 4. The number of rotatable bonds is 1. The Morgan fingerprint density at radius 3 is 2.84 bits per heavy atom. The Bertz CT molecular complexity index is 668. The maximum absolute atomic E-state index is 12.0. The van der Waals surface area contributed by atoms with E-state index in [1.807, 2.05) is 18.2 Å². The average Bonchev–Trinajstić information content (AvgIpc) is 2.57. The highest BCUT2D eigenvalue weighted by Gasteiger charge is 2.18. The van der Waals surface area contributed by atoms with Gasteiger partial charge in [0.15, 0.2) is 0 Å². The van der Waals surface area contributed by atoms with E-state index in [4.69, 9.17) is 0 Å². The lowest BCUT2D eigenvalue weighted by molar-refractivity contribution is -0.117. The van der Waals surface area contributed by atoms with Crippen molar-refractivity contribution in [1.82, 2.24) is 9.97 Å². The fourth-order valence-electron chi connectivity index (χ4n) is 2.05. The fraction of sp³-hybridized carbons (Fsp3) is 0.143. The first kappa shape index (κ1) is 12.2. The van der Waals surface area contributed by atoms with Gasteiger partial charge in [0, 0.05) is 23.3 Å². The zero-order chi connectivity index (χ0) is 13.2. The number of benzene rings is 1. The molecule has 0 saturated heterocycles. The molecule has 0 atom stereocenters. The summed E-state index contributed by atoms with van der Waals surface area (Å²) in [5.41, 5.74) is 3.11. The molecule has 3 rings (SSSR count). The number of aliphatic imine (C=N–C) groups is 1. The number of carbonyl (C=O) groups is 1. The van der Waals surface area contributed by atoms with E-state index in [0.29, 0.717) is 24.2 Å². The standard InChI is InChI=1S/C14H10BrN3O/c15-10-1-2-12-9(5-10)6-11(19)7-13(18-12)14-8-16-3-4-17-14/h1-5,8H,6-7H2. The second-order valence-electron chi connectivity index (χ2n) is 4.31. The quantitative estimate of drug-likeness (QED) is 0.813. The van der Waals surface area contributed by atoms with Gasteiger partial charge in [0.1, 0.15) is 11.5 Å². The first-order chi connectivity index (χ1) is 9.22. The summed E-state index contributed by atoms with van der Waals surface area (Å²) >= 11 is 3.41. The number of carbonyl (C=O) groups excluding carboxylic acids is 1. The number of aromatic nitrogens is 2. The van der Waals surface area contributed by atoms with Gasteiger partial charge < -0.3 is 0 Å². The molecule has 1 aromatic carbocycles. The van der Waals surface area contributed by atoms with Crippen LogP contribution in [0.15, 0.2) is 46.3 Å². The smallest absolute Gasteiger partial charge is 0.143 e. The molecule has 2 aromatic rings. The molecule has 0 bridgehead atoms. The minimum Gasteiger partial charge on any atom is -0.299 e. The molecule has 0 fully saturated rings. The lowest BCUT2D eigenvalue weighted by Crippen LogP contribution is -2.10. The van der Waals surface area contributed by atoms with Crippen molar-refractivity contribution in [2.45, 2.75) is 12.8 Å². The second-order valence-corrected chi connectivity index (χ2v) is 5.23. The van der Waals surface area contributed by atoms with Gasteiger partial charge in [-0.2, -0.15) is 0 Å². The fourth-order valence-corrected chi connectivity index (χ4v) is 2.46. The van der Waals surface area contributed by atoms with Gasteiger partial charge in [-0.25, -0.2) is 0 Å². The number of hydrogen-bond donors (Lipinski definition) is 0. The monoisotopic (exact) mass is 315 g/mol. The van der Waals surface area contributed by atoms with Crippen LogP contribution in [0.2, 0.25) is 0 Å². The Hall–Kier alpha value is -1.88. The number of halogens is 1. The summed E-state index contributed by atoms with van der Waals surface area (Å²) in [5, 5.41) is 0. The van der Waals surface area contributed by atoms with Crippen molar-refractivity contribution < 1.29 is 4.79 Å². The van der Waals surface area contributed by atoms with Crippen LogP contribution < -0.4 is 0 Å². The van der Waals surface area contributed by atoms with Crippen LogP contribution in [0.5, 0.6) is 0 Å². The van der Waals surface area contributed by atoms with Crippen LogP contribution in [-0.4, -0.2) is 21.5 Å². The molecule has 0 saturated carbocycles. The maximum Gasteiger partial charge on any atom is 0.143 e. The van der Waals surface area contributed by atoms with Crippen molar-refractivity contribution in [2.24, 2.45) is 4.99 Å². The van der Waals surface area contributed by atoms with E-state index in [9.17, 15) is 4.79 Å². The van der Waals surface area contributed by atoms with E-state index < -0.39 is 0 Å². The van der Waals surface area contributed by atoms with Crippen LogP contribution in [0.25, 0.3) is 0 Å². The molecule has 1 aliphatic heterocycles. The second kappa shape index (κ2) is 5.01. The topological polar surface area (TPSA) is 55.2 Å². The zero-order valence-corrected chi connectivity index (χ0v) is 11.6. The van der Waals surface area contributed by atoms with Crippen LogP contribution in [0.3, 0.4) is 0 Å². The molecule has 1 aliphatic rings. The lowest BCUT2D eigenvalue weighted by Gasteiger charge is -2.02. The predicted molar refractivity (Wildman–Crippen MR) is 75.7 cm³/mol. The molecule has 5 heteroatoms. The van der Waals surface area contributed by atoms with Crippen LogP contribution in [0.1, 0.15) is 17.7 Å². The summed E-state index contributed by atoms with van der Waals surface area (Å²) in [4.78, 5) is 24.8. The number of nitrogens with zero attached hydrogens (tertiary/aromatic N) is 3. The molecule has 0 radical (unpaired) electrons. The zero-order valence-electron chi connectivity index (χ0n) is 10.0. The third-order valence-corrected chi connectivity index (χ3v) is 3.40. The SMILES string of the molecule is O=C1CC(c2cnccn2)=Nc2ccc(Br)cc2C1. The van der Waals surface area contributed by atoms with Gasteiger partial charge in [-0.05, 0) is 23.8 Å². The molecule has 94 valence electrons. The maximum atomic E-state index is 12.0. The molecular weight excluding hydrogens is 306 g/mol. The molecular formula is C14H10BrN3O. The molecule has 0 aliphatic carbocycles. The summed E-state index contributed by atoms with van der Waals surface area (Å²) in [6, 6.07) is 5.77. The van der Waals surface area contributed by atoms with Crippen molar-refractivity contribution in [2.75, 3.05) is 0 Å². The molecule has 0 unspecified atom stereocenters. The van der Waals surface area contributed by atoms with Crippen LogP contribution >= 0.6 is 15.9 Å². The summed E-state index contributed by atoms with van der Waals surface area (Å²) in [6.45, 7) is 0. The van der Waals surface area contributed by atoms with Gasteiger partial charge in [-0.3, -0.25) is 19.8 Å². The van der Waals surface area contributed by atoms with Crippen molar-refractivity contribution in [1.29, 1.82) is 0 Å². The van der Waals surface area contributed by atoms with E-state index in [1.165, 1.54) is 0 Å². The number of fused-ring (bicyclic) bond motifs is 1. The Morgan fingerprint density at radius 1 is 1.16 bits per heavy atom. The third kappa shape index (κ3) is 2.61. The Labute approximate surface area is 118 Å². The van der Waals surface area contributed by atoms with E-state index in [-0.39, 0.29) is 5.78 Å². The van der Waals surface area contributed by atoms with E-state index in [1.54, 1.807) is 18.6 Å². The number of ketones is 1. The first-order valence-corrected chi connectivity index (χ1v) is 6.66. The van der Waals surface area contributed by atoms with Crippen LogP contribution in [0, 0.1) is 0 Å². The average molecular weight is 316 g/mol. The molecule has 0 spiro atoms. The summed E-state index contributed by atoms with van der Waals surface area (Å²) in [7, 11) is 0. The van der Waals surface area contributed by atoms with E-state index in [0.717, 1.165) is 15.7 Å². The van der Waals surface area contributed by atoms with Crippen molar-refractivity contribution in [3.05, 3.63) is 52.5 Å². The lowest BCUT2D eigenvalue weighted by atomic mass is 10.1. The molecule has 19 heavy (non-hydrogen) atoms. The van der Waals surface area contributed by atoms with Gasteiger partial charge in [0.25, 0.3) is 0 Å². The van der Waals surface area contributed by atoms with Gasteiger partial charge in [0.2, 0.25) is 0 Å². The third-order valence-electron chi connectivity index (χ3n) is 2.91. The van der Waals surface area contributed by atoms with Crippen molar-refractivity contribution >= 4 is 33.1 Å². The van der Waals surface area contributed by atoms with Crippen LogP contribution in [0.4, 0.5) is 5.69 Å². The Kier molecular flexibility index (Phi) is 3.21. The molecule has 0 N–H and O–H groups in total. The summed E-state index contributed by atoms with van der Waals surface area (Å²) < 4.78 is 0.956. The Morgan fingerprint density at radius 2 is 2.05 bits per heavy atom. The van der Waals surface area contributed by atoms with Crippen LogP contribution in [-0.2, 0) is 11.2 Å². The predicted octanol–water partition coefficient (Wildman–Crippen LogP) is 2.88. The minimum absolute atomic E-state index is 0.140. The first-order valence-electron chi connectivity index (χ1n) is 5.86. The van der Waals surface area contributed by atoms with Gasteiger partial charge in [0.05, 0.1) is 24.0 Å². The molecule has 2 heterocycles. The van der Waals surface area contributed by atoms with E-state index in [2.05, 4.69) is 30.9 Å². The summed E-state index contributed by atoms with van der Waals surface area (Å²) in [5.74, 6) is 0.140. The van der Waals surface area contributed by atoms with E-state index >= 15 is 0 Å². The van der Waals surface area contributed by atoms with Gasteiger partial charge in [-0.15, -0.1) is 0 Å². The highest BCUT2D eigenvalue weighted by atomic mass is 79.9. The minimum atomic E-state index is 0.140. The highest BCUT2D eigenvalue weighted by molar-refractivity contribution is 9.10. The van der Waals surface area contributed by atoms with Gasteiger partial charge in [-0.1, -0.05) is 15.9 Å². The number of Topliss-reactive ketones (excluding diaryl/α,β-unsaturated/α-hetero) is 1. The van der Waals surface area contributed by atoms with Crippen molar-refractivity contribution in [3.63, 3.8) is 0 Å². The molecule has 4 nitrogen and oxygen atoms in total. The molecule has 0 amide bonds. The summed E-state index contributed by atoms with van der Waals surface area (Å²) in [6.07, 6.45) is 5.55. The Balaban J connectivity index is 2.11. The highest BCUT2D eigenvalue weighted by Crippen LogP contribution is 2.28. The molecule has 1 aromatic heterocycles. The van der Waals surface area contributed by atoms with Crippen molar-refractivity contribution in [3.8, 4) is 0 Å². The largest absolute Gasteiger partial charge is 0.299 e. The van der Waals surface area contributed by atoms with Gasteiger partial charge >= 0.3 is 0 Å². The normalized spacial score (nSPS) is 14.6.